The van der Waals surface area contributed by atoms with Crippen molar-refractivity contribution < 1.29 is 4.39 Å². The summed E-state index contributed by atoms with van der Waals surface area (Å²) in [4.78, 5) is 6.86. The van der Waals surface area contributed by atoms with Crippen LogP contribution in [0.25, 0.3) is 10.9 Å². The van der Waals surface area contributed by atoms with E-state index in [0.717, 1.165) is 24.4 Å². The molecule has 0 unspecified atom stereocenters. The van der Waals surface area contributed by atoms with E-state index in [1.165, 1.54) is 19.3 Å². The van der Waals surface area contributed by atoms with Crippen LogP contribution in [0, 0.1) is 12.7 Å². The summed E-state index contributed by atoms with van der Waals surface area (Å²) >= 11 is 0. The van der Waals surface area contributed by atoms with E-state index in [-0.39, 0.29) is 5.82 Å². The third kappa shape index (κ3) is 1.84. The molecule has 0 spiro atoms. The van der Waals surface area contributed by atoms with Gasteiger partial charge in [0.1, 0.15) is 11.6 Å². The molecule has 0 atom stereocenters. The molecule has 94 valence electrons. The molecule has 1 aromatic carbocycles. The minimum Gasteiger partial charge on any atom is -0.356 e. The Bertz CT molecular complexity index is 574. The van der Waals surface area contributed by atoms with Gasteiger partial charge in [-0.3, -0.25) is 0 Å². The van der Waals surface area contributed by atoms with Crippen LogP contribution in [-0.4, -0.2) is 18.1 Å². The fraction of sp³-hybridized carbons (Fsp3) is 0.400. The molecule has 2 heterocycles. The molecule has 18 heavy (non-hydrogen) atoms. The molecule has 0 amide bonds. The number of hydrogen-bond donors (Lipinski definition) is 0. The quantitative estimate of drug-likeness (QED) is 0.760. The molecule has 0 N–H and O–H groups in total. The van der Waals surface area contributed by atoms with E-state index in [0.29, 0.717) is 10.9 Å². The smallest absolute Gasteiger partial charge is 0.139 e. The molecule has 3 rings (SSSR count). The van der Waals surface area contributed by atoms with Crippen LogP contribution >= 0.6 is 0 Å². The summed E-state index contributed by atoms with van der Waals surface area (Å²) in [5, 5.41) is 0.621. The maximum absolute atomic E-state index is 14.3. The van der Waals surface area contributed by atoms with Crippen molar-refractivity contribution in [1.29, 1.82) is 0 Å². The summed E-state index contributed by atoms with van der Waals surface area (Å²) < 4.78 is 14.3. The number of fused-ring (bicyclic) bond motifs is 1. The van der Waals surface area contributed by atoms with Gasteiger partial charge in [-0.1, -0.05) is 12.1 Å². The average molecular weight is 244 g/mol. The van der Waals surface area contributed by atoms with Crippen molar-refractivity contribution in [2.75, 3.05) is 18.0 Å². The molecule has 1 aromatic heterocycles. The maximum Gasteiger partial charge on any atom is 0.139 e. The number of aromatic nitrogens is 1. The van der Waals surface area contributed by atoms with Crippen molar-refractivity contribution in [3.63, 3.8) is 0 Å². The fourth-order valence-corrected chi connectivity index (χ4v) is 2.67. The number of anilines is 1. The average Bonchev–Trinajstić information content (AvgIpc) is 2.44. The standard InChI is InChI=1S/C15H17FN2/c1-11-14(16)12-7-3-4-8-13(12)17-15(11)18-9-5-2-6-10-18/h3-4,7-8H,2,5-6,9-10H2,1H3. The van der Waals surface area contributed by atoms with Crippen molar-refractivity contribution in [1.82, 2.24) is 4.98 Å². The molecule has 3 heteroatoms. The van der Waals surface area contributed by atoms with Gasteiger partial charge in [0.25, 0.3) is 0 Å². The van der Waals surface area contributed by atoms with E-state index in [9.17, 15) is 4.39 Å². The van der Waals surface area contributed by atoms with Crippen LogP contribution in [-0.2, 0) is 0 Å². The first-order valence-corrected chi connectivity index (χ1v) is 6.57. The molecule has 1 saturated heterocycles. The van der Waals surface area contributed by atoms with Gasteiger partial charge in [0.2, 0.25) is 0 Å². The van der Waals surface area contributed by atoms with Crippen molar-refractivity contribution in [2.24, 2.45) is 0 Å². The Balaban J connectivity index is 2.14. The summed E-state index contributed by atoms with van der Waals surface area (Å²) in [5.74, 6) is 0.701. The van der Waals surface area contributed by atoms with Gasteiger partial charge < -0.3 is 4.90 Å². The second-order valence-corrected chi connectivity index (χ2v) is 4.94. The normalized spacial score (nSPS) is 16.2. The highest BCUT2D eigenvalue weighted by atomic mass is 19.1. The number of nitrogens with zero attached hydrogens (tertiary/aromatic N) is 2. The predicted molar refractivity (Wildman–Crippen MR) is 72.5 cm³/mol. The summed E-state index contributed by atoms with van der Waals surface area (Å²) in [6.45, 7) is 3.82. The highest BCUT2D eigenvalue weighted by Crippen LogP contribution is 2.28. The molecule has 0 aliphatic carbocycles. The summed E-state index contributed by atoms with van der Waals surface area (Å²) in [6, 6.07) is 7.44. The molecule has 1 aliphatic heterocycles. The molecule has 1 fully saturated rings. The number of rotatable bonds is 1. The Morgan fingerprint density at radius 2 is 1.83 bits per heavy atom. The first kappa shape index (κ1) is 11.5. The van der Waals surface area contributed by atoms with E-state index in [4.69, 9.17) is 0 Å². The molecule has 0 saturated carbocycles. The molecule has 0 bridgehead atoms. The Labute approximate surface area is 106 Å². The van der Waals surface area contributed by atoms with E-state index in [1.807, 2.05) is 25.1 Å². The van der Waals surface area contributed by atoms with Crippen molar-refractivity contribution in [3.8, 4) is 0 Å². The van der Waals surface area contributed by atoms with Gasteiger partial charge in [-0.25, -0.2) is 9.37 Å². The van der Waals surface area contributed by atoms with Gasteiger partial charge in [0, 0.05) is 24.0 Å². The van der Waals surface area contributed by atoms with Crippen molar-refractivity contribution >= 4 is 16.7 Å². The van der Waals surface area contributed by atoms with E-state index >= 15 is 0 Å². The zero-order valence-electron chi connectivity index (χ0n) is 10.6. The van der Waals surface area contributed by atoms with E-state index < -0.39 is 0 Å². The van der Waals surface area contributed by atoms with Gasteiger partial charge in [0.05, 0.1) is 5.52 Å². The summed E-state index contributed by atoms with van der Waals surface area (Å²) in [7, 11) is 0. The lowest BCUT2D eigenvalue weighted by Gasteiger charge is -2.29. The van der Waals surface area contributed by atoms with Crippen LogP contribution in [0.5, 0.6) is 0 Å². The van der Waals surface area contributed by atoms with Gasteiger partial charge in [-0.05, 0) is 38.3 Å². The molecule has 2 aromatic rings. The molecule has 1 aliphatic rings. The predicted octanol–water partition coefficient (Wildman–Crippen LogP) is 3.67. The van der Waals surface area contributed by atoms with Crippen LogP contribution in [0.4, 0.5) is 10.2 Å². The Morgan fingerprint density at radius 3 is 2.61 bits per heavy atom. The molecule has 2 nitrogen and oxygen atoms in total. The lowest BCUT2D eigenvalue weighted by molar-refractivity contribution is 0.568. The minimum atomic E-state index is -0.124. The molecule has 0 radical (unpaired) electrons. The second-order valence-electron chi connectivity index (χ2n) is 4.94. The van der Waals surface area contributed by atoms with Crippen LogP contribution in [0.3, 0.4) is 0 Å². The van der Waals surface area contributed by atoms with Gasteiger partial charge in [0.15, 0.2) is 0 Å². The van der Waals surface area contributed by atoms with Gasteiger partial charge in [-0.15, -0.1) is 0 Å². The largest absolute Gasteiger partial charge is 0.356 e. The van der Waals surface area contributed by atoms with Crippen molar-refractivity contribution in [3.05, 3.63) is 35.6 Å². The number of piperidine rings is 1. The number of hydrogen-bond acceptors (Lipinski definition) is 2. The highest BCUT2D eigenvalue weighted by molar-refractivity contribution is 5.82. The maximum atomic E-state index is 14.3. The zero-order chi connectivity index (χ0) is 12.5. The first-order valence-electron chi connectivity index (χ1n) is 6.57. The lowest BCUT2D eigenvalue weighted by atomic mass is 10.1. The Hall–Kier alpha value is -1.64. The second kappa shape index (κ2) is 4.56. The number of para-hydroxylation sites is 1. The van der Waals surface area contributed by atoms with Crippen LogP contribution in [0.15, 0.2) is 24.3 Å². The van der Waals surface area contributed by atoms with E-state index in [1.54, 1.807) is 6.07 Å². The SMILES string of the molecule is Cc1c(N2CCCCC2)nc2ccccc2c1F. The third-order valence-electron chi connectivity index (χ3n) is 3.69. The lowest BCUT2D eigenvalue weighted by Crippen LogP contribution is -2.31. The van der Waals surface area contributed by atoms with Crippen LogP contribution < -0.4 is 4.90 Å². The van der Waals surface area contributed by atoms with Crippen LogP contribution in [0.2, 0.25) is 0 Å². The first-order chi connectivity index (χ1) is 8.77. The zero-order valence-corrected chi connectivity index (χ0v) is 10.6. The van der Waals surface area contributed by atoms with E-state index in [2.05, 4.69) is 9.88 Å². The molecular weight excluding hydrogens is 227 g/mol. The van der Waals surface area contributed by atoms with Crippen LogP contribution in [0.1, 0.15) is 24.8 Å². The number of benzene rings is 1. The highest BCUT2D eigenvalue weighted by Gasteiger charge is 2.18. The summed E-state index contributed by atoms with van der Waals surface area (Å²) in [5.41, 5.74) is 1.43. The summed E-state index contributed by atoms with van der Waals surface area (Å²) in [6.07, 6.45) is 3.62. The topological polar surface area (TPSA) is 16.1 Å². The van der Waals surface area contributed by atoms with Crippen molar-refractivity contribution in [2.45, 2.75) is 26.2 Å². The third-order valence-corrected chi connectivity index (χ3v) is 3.69. The van der Waals surface area contributed by atoms with Gasteiger partial charge >= 0.3 is 0 Å². The molecular formula is C15H17FN2. The number of halogens is 1. The minimum absolute atomic E-state index is 0.124. The Kier molecular flexibility index (Phi) is 2.90. The fourth-order valence-electron chi connectivity index (χ4n) is 2.67. The monoisotopic (exact) mass is 244 g/mol. The van der Waals surface area contributed by atoms with Gasteiger partial charge in [-0.2, -0.15) is 0 Å². The Morgan fingerprint density at radius 1 is 1.11 bits per heavy atom. The number of pyridine rings is 1.